The van der Waals surface area contributed by atoms with E-state index in [2.05, 4.69) is 0 Å². The van der Waals surface area contributed by atoms with Crippen LogP contribution in [0.3, 0.4) is 0 Å². The zero-order chi connectivity index (χ0) is 22.1. The second-order valence-corrected chi connectivity index (χ2v) is 6.98. The molecule has 0 radical (unpaired) electrons. The largest absolute Gasteiger partial charge is 0.490 e. The number of amides is 2. The van der Waals surface area contributed by atoms with Crippen LogP contribution in [0.5, 0.6) is 17.2 Å². The van der Waals surface area contributed by atoms with E-state index in [1.807, 2.05) is 20.8 Å². The first-order chi connectivity index (χ1) is 14.4. The van der Waals surface area contributed by atoms with Crippen molar-refractivity contribution in [3.8, 4) is 17.2 Å². The number of hydrogen-bond acceptors (Lipinski definition) is 6. The van der Waals surface area contributed by atoms with Gasteiger partial charge in [-0.1, -0.05) is 0 Å². The third-order valence-corrected chi connectivity index (χ3v) is 4.77. The SMILES string of the molecule is CCOc1cc(C(=O)N2CCN(C(=O)CCC(C)=O)CC2)cc(OCC)c1OCC. The number of rotatable bonds is 10. The molecular weight excluding hydrogens is 388 g/mol. The Hall–Kier alpha value is -2.77. The fourth-order valence-electron chi connectivity index (χ4n) is 3.29. The number of piperazine rings is 1. The van der Waals surface area contributed by atoms with Crippen LogP contribution in [-0.4, -0.2) is 73.4 Å². The molecule has 8 heteroatoms. The van der Waals surface area contributed by atoms with Crippen molar-refractivity contribution in [2.24, 2.45) is 0 Å². The Balaban J connectivity index is 2.13. The topological polar surface area (TPSA) is 85.4 Å². The highest BCUT2D eigenvalue weighted by atomic mass is 16.5. The van der Waals surface area contributed by atoms with Gasteiger partial charge in [-0.3, -0.25) is 9.59 Å². The Kier molecular flexibility index (Phi) is 8.95. The third kappa shape index (κ3) is 6.11. The molecule has 1 aromatic rings. The molecule has 8 nitrogen and oxygen atoms in total. The summed E-state index contributed by atoms with van der Waals surface area (Å²) in [6.07, 6.45) is 0.474. The van der Waals surface area contributed by atoms with Gasteiger partial charge >= 0.3 is 0 Å². The quantitative estimate of drug-likeness (QED) is 0.578. The zero-order valence-corrected chi connectivity index (χ0v) is 18.4. The van der Waals surface area contributed by atoms with E-state index in [0.717, 1.165) is 0 Å². The van der Waals surface area contributed by atoms with Crippen LogP contribution >= 0.6 is 0 Å². The molecule has 166 valence electrons. The van der Waals surface area contributed by atoms with Crippen LogP contribution in [0.2, 0.25) is 0 Å². The Morgan fingerprint density at radius 3 is 1.77 bits per heavy atom. The summed E-state index contributed by atoms with van der Waals surface area (Å²) in [7, 11) is 0. The van der Waals surface area contributed by atoms with Gasteiger partial charge in [0.2, 0.25) is 11.7 Å². The van der Waals surface area contributed by atoms with Crippen LogP contribution in [0, 0.1) is 0 Å². The summed E-state index contributed by atoms with van der Waals surface area (Å²) < 4.78 is 17.1. The lowest BCUT2D eigenvalue weighted by atomic mass is 10.1. The molecule has 0 unspecified atom stereocenters. The zero-order valence-electron chi connectivity index (χ0n) is 18.4. The Labute approximate surface area is 178 Å². The highest BCUT2D eigenvalue weighted by molar-refractivity contribution is 5.96. The Bertz CT molecular complexity index is 729. The maximum Gasteiger partial charge on any atom is 0.254 e. The molecule has 2 rings (SSSR count). The Morgan fingerprint density at radius 2 is 1.30 bits per heavy atom. The maximum atomic E-state index is 13.1. The van der Waals surface area contributed by atoms with Crippen molar-refractivity contribution in [3.63, 3.8) is 0 Å². The highest BCUT2D eigenvalue weighted by Gasteiger charge is 2.27. The number of carbonyl (C=O) groups excluding carboxylic acids is 3. The lowest BCUT2D eigenvalue weighted by Crippen LogP contribution is -2.50. The predicted octanol–water partition coefficient (Wildman–Crippen LogP) is 2.54. The Morgan fingerprint density at radius 1 is 0.800 bits per heavy atom. The van der Waals surface area contributed by atoms with Gasteiger partial charge in [0.15, 0.2) is 11.5 Å². The van der Waals surface area contributed by atoms with E-state index in [4.69, 9.17) is 14.2 Å². The summed E-state index contributed by atoms with van der Waals surface area (Å²) in [5, 5.41) is 0. The molecule has 30 heavy (non-hydrogen) atoms. The van der Waals surface area contributed by atoms with Gasteiger partial charge in [-0.2, -0.15) is 0 Å². The minimum Gasteiger partial charge on any atom is -0.490 e. The maximum absolute atomic E-state index is 13.1. The van der Waals surface area contributed by atoms with E-state index in [-0.39, 0.29) is 30.4 Å². The van der Waals surface area contributed by atoms with Crippen LogP contribution in [0.25, 0.3) is 0 Å². The summed E-state index contributed by atoms with van der Waals surface area (Å²) in [5.74, 6) is 1.27. The molecule has 0 saturated carbocycles. The first kappa shape index (κ1) is 23.5. The first-order valence-electron chi connectivity index (χ1n) is 10.5. The van der Waals surface area contributed by atoms with E-state index >= 15 is 0 Å². The molecule has 1 aromatic carbocycles. The van der Waals surface area contributed by atoms with Gasteiger partial charge in [-0.25, -0.2) is 0 Å². The number of benzene rings is 1. The van der Waals surface area contributed by atoms with Gasteiger partial charge in [0.1, 0.15) is 5.78 Å². The average molecular weight is 421 g/mol. The summed E-state index contributed by atoms with van der Waals surface area (Å²) in [6.45, 7) is 10.2. The van der Waals surface area contributed by atoms with Crippen LogP contribution in [0.15, 0.2) is 12.1 Å². The summed E-state index contributed by atoms with van der Waals surface area (Å²) >= 11 is 0. The van der Waals surface area contributed by atoms with Gasteiger partial charge in [-0.15, -0.1) is 0 Å². The van der Waals surface area contributed by atoms with Crippen molar-refractivity contribution in [1.29, 1.82) is 0 Å². The molecule has 1 aliphatic rings. The molecule has 0 atom stereocenters. The van der Waals surface area contributed by atoms with Crippen LogP contribution < -0.4 is 14.2 Å². The number of ketones is 1. The fraction of sp³-hybridized carbons (Fsp3) is 0.591. The third-order valence-electron chi connectivity index (χ3n) is 4.77. The number of ether oxygens (including phenoxy) is 3. The molecule has 0 aliphatic carbocycles. The number of nitrogens with zero attached hydrogens (tertiary/aromatic N) is 2. The van der Waals surface area contributed by atoms with Crippen molar-refractivity contribution >= 4 is 17.6 Å². The van der Waals surface area contributed by atoms with E-state index in [0.29, 0.717) is 68.8 Å². The highest BCUT2D eigenvalue weighted by Crippen LogP contribution is 2.39. The molecule has 0 aromatic heterocycles. The second-order valence-electron chi connectivity index (χ2n) is 6.98. The van der Waals surface area contributed by atoms with Gasteiger partial charge in [0, 0.05) is 44.6 Å². The van der Waals surface area contributed by atoms with Crippen LogP contribution in [-0.2, 0) is 9.59 Å². The van der Waals surface area contributed by atoms with Crippen molar-refractivity contribution in [1.82, 2.24) is 9.80 Å². The molecule has 0 N–H and O–H groups in total. The van der Waals surface area contributed by atoms with Crippen molar-refractivity contribution in [3.05, 3.63) is 17.7 Å². The van der Waals surface area contributed by atoms with Gasteiger partial charge in [0.25, 0.3) is 5.91 Å². The minimum atomic E-state index is -0.143. The van der Waals surface area contributed by atoms with Crippen LogP contribution in [0.4, 0.5) is 0 Å². The summed E-state index contributed by atoms with van der Waals surface area (Å²) in [4.78, 5) is 39.8. The van der Waals surface area contributed by atoms with E-state index in [1.165, 1.54) is 6.92 Å². The molecule has 2 amide bonds. The van der Waals surface area contributed by atoms with Crippen molar-refractivity contribution < 1.29 is 28.6 Å². The number of hydrogen-bond donors (Lipinski definition) is 0. The fourth-order valence-corrected chi connectivity index (χ4v) is 3.29. The molecule has 1 aliphatic heterocycles. The van der Waals surface area contributed by atoms with Crippen molar-refractivity contribution in [2.45, 2.75) is 40.5 Å². The molecular formula is C22H32N2O6. The molecule has 0 spiro atoms. The molecule has 1 heterocycles. The van der Waals surface area contributed by atoms with Gasteiger partial charge in [0.05, 0.1) is 19.8 Å². The minimum absolute atomic E-state index is 0.00266. The lowest BCUT2D eigenvalue weighted by Gasteiger charge is -2.35. The molecule has 1 fully saturated rings. The average Bonchev–Trinajstić information content (AvgIpc) is 2.74. The van der Waals surface area contributed by atoms with Gasteiger partial charge < -0.3 is 28.8 Å². The van der Waals surface area contributed by atoms with E-state index in [1.54, 1.807) is 21.9 Å². The van der Waals surface area contributed by atoms with Gasteiger partial charge in [-0.05, 0) is 39.8 Å². The molecule has 1 saturated heterocycles. The number of carbonyl (C=O) groups is 3. The van der Waals surface area contributed by atoms with Crippen LogP contribution in [0.1, 0.15) is 50.9 Å². The summed E-state index contributed by atoms with van der Waals surface area (Å²) in [6, 6.07) is 3.37. The molecule has 0 bridgehead atoms. The predicted molar refractivity (Wildman–Crippen MR) is 112 cm³/mol. The van der Waals surface area contributed by atoms with E-state index < -0.39 is 0 Å². The smallest absolute Gasteiger partial charge is 0.254 e. The normalized spacial score (nSPS) is 13.7. The standard InChI is InChI=1S/C22H32N2O6/c1-5-28-18-14-17(15-19(29-6-2)21(18)30-7-3)22(27)24-12-10-23(11-13-24)20(26)9-8-16(4)25/h14-15H,5-13H2,1-4H3. The monoisotopic (exact) mass is 420 g/mol. The number of Topliss-reactive ketones (excluding diaryl/α,β-unsaturated/α-hetero) is 1. The van der Waals surface area contributed by atoms with E-state index in [9.17, 15) is 14.4 Å². The summed E-state index contributed by atoms with van der Waals surface area (Å²) in [5.41, 5.74) is 0.460. The lowest BCUT2D eigenvalue weighted by molar-refractivity contribution is -0.134. The second kappa shape index (κ2) is 11.4. The van der Waals surface area contributed by atoms with Crippen molar-refractivity contribution in [2.75, 3.05) is 46.0 Å². The first-order valence-corrected chi connectivity index (χ1v) is 10.5.